The first kappa shape index (κ1) is 29.2. The fourth-order valence-corrected chi connectivity index (χ4v) is 6.15. The average Bonchev–Trinajstić information content (AvgIpc) is 3.41. The quantitative estimate of drug-likeness (QED) is 0.226. The lowest BCUT2D eigenvalue weighted by atomic mass is 9.87. The molecule has 1 aliphatic heterocycles. The number of phenolic OH excluding ortho intramolecular Hbond substituents is 1. The van der Waals surface area contributed by atoms with Gasteiger partial charge in [-0.1, -0.05) is 30.7 Å². The molecular weight excluding hydrogens is 634 g/mol. The van der Waals surface area contributed by atoms with E-state index in [0.29, 0.717) is 40.6 Å². The number of phenols is 1. The van der Waals surface area contributed by atoms with E-state index in [1.165, 1.54) is 24.3 Å². The van der Waals surface area contributed by atoms with Crippen molar-refractivity contribution in [2.45, 2.75) is 38.0 Å². The van der Waals surface area contributed by atoms with Crippen molar-refractivity contribution in [3.8, 4) is 5.75 Å². The van der Waals surface area contributed by atoms with E-state index in [9.17, 15) is 23.5 Å². The number of nitrogens with one attached hydrogen (secondary N) is 1. The molecule has 3 aromatic carbocycles. The van der Waals surface area contributed by atoms with E-state index in [1.807, 2.05) is 4.90 Å². The van der Waals surface area contributed by atoms with Gasteiger partial charge >= 0.3 is 0 Å². The molecule has 1 unspecified atom stereocenters. The van der Waals surface area contributed by atoms with Gasteiger partial charge in [-0.15, -0.1) is 0 Å². The van der Waals surface area contributed by atoms with E-state index >= 15 is 0 Å². The number of hydrogen-bond acceptors (Lipinski definition) is 3. The Morgan fingerprint density at radius 3 is 2.08 bits per heavy atom. The number of aromatic hydroxyl groups is 1. The third-order valence-corrected chi connectivity index (χ3v) is 8.36. The Labute approximate surface area is 243 Å². The van der Waals surface area contributed by atoms with Crippen molar-refractivity contribution in [2.24, 2.45) is 5.92 Å². The number of rotatable bonds is 10. The van der Waals surface area contributed by atoms with Gasteiger partial charge in [-0.3, -0.25) is 9.59 Å². The summed E-state index contributed by atoms with van der Waals surface area (Å²) in [5, 5.41) is 12.8. The molecular formula is C30H30Br2F2N2O3. The second-order valence-electron chi connectivity index (χ2n) is 9.89. The molecule has 206 valence electrons. The Hall–Kier alpha value is -2.78. The molecule has 1 saturated heterocycles. The van der Waals surface area contributed by atoms with E-state index < -0.39 is 0 Å². The van der Waals surface area contributed by atoms with Crippen LogP contribution in [-0.4, -0.2) is 41.5 Å². The van der Waals surface area contributed by atoms with Crippen molar-refractivity contribution >= 4 is 43.7 Å². The van der Waals surface area contributed by atoms with Crippen LogP contribution < -0.4 is 5.32 Å². The second kappa shape index (κ2) is 13.5. The molecule has 0 bridgehead atoms. The van der Waals surface area contributed by atoms with Crippen molar-refractivity contribution in [3.63, 3.8) is 0 Å². The molecule has 3 aromatic rings. The van der Waals surface area contributed by atoms with E-state index in [1.54, 1.807) is 36.4 Å². The molecule has 0 saturated carbocycles. The molecule has 39 heavy (non-hydrogen) atoms. The van der Waals surface area contributed by atoms with Crippen molar-refractivity contribution in [1.29, 1.82) is 0 Å². The van der Waals surface area contributed by atoms with Gasteiger partial charge in [0.25, 0.3) is 5.91 Å². The first-order chi connectivity index (χ1) is 18.7. The topological polar surface area (TPSA) is 69.6 Å². The maximum Gasteiger partial charge on any atom is 0.251 e. The van der Waals surface area contributed by atoms with Gasteiger partial charge < -0.3 is 15.3 Å². The molecule has 0 radical (unpaired) electrons. The summed E-state index contributed by atoms with van der Waals surface area (Å²) in [4.78, 5) is 27.2. The van der Waals surface area contributed by atoms with Crippen LogP contribution in [0.3, 0.4) is 0 Å². The van der Waals surface area contributed by atoms with E-state index in [-0.39, 0.29) is 41.0 Å². The third kappa shape index (κ3) is 7.88. The predicted molar refractivity (Wildman–Crippen MR) is 154 cm³/mol. The van der Waals surface area contributed by atoms with Gasteiger partial charge in [-0.05, 0) is 105 Å². The number of halogens is 4. The van der Waals surface area contributed by atoms with Crippen molar-refractivity contribution in [1.82, 2.24) is 10.2 Å². The molecule has 2 N–H and O–H groups in total. The lowest BCUT2D eigenvalue weighted by Gasteiger charge is -2.19. The lowest BCUT2D eigenvalue weighted by molar-refractivity contribution is -0.130. The fraction of sp³-hybridized carbons (Fsp3) is 0.333. The van der Waals surface area contributed by atoms with Crippen molar-refractivity contribution < 1.29 is 23.5 Å². The maximum absolute atomic E-state index is 13.5. The highest BCUT2D eigenvalue weighted by atomic mass is 79.9. The minimum Gasteiger partial charge on any atom is -0.506 e. The summed E-state index contributed by atoms with van der Waals surface area (Å²) in [5.41, 5.74) is 2.36. The number of unbranched alkanes of at least 4 members (excludes halogenated alkanes) is 1. The highest BCUT2D eigenvalue weighted by Gasteiger charge is 2.26. The molecule has 1 aliphatic rings. The lowest BCUT2D eigenvalue weighted by Crippen LogP contribution is -2.33. The Balaban J connectivity index is 1.23. The van der Waals surface area contributed by atoms with E-state index in [0.717, 1.165) is 36.8 Å². The van der Waals surface area contributed by atoms with Crippen LogP contribution in [0.5, 0.6) is 5.75 Å². The third-order valence-electron chi connectivity index (χ3n) is 7.15. The second-order valence-corrected chi connectivity index (χ2v) is 11.6. The van der Waals surface area contributed by atoms with E-state index in [4.69, 9.17) is 0 Å². The highest BCUT2D eigenvalue weighted by Crippen LogP contribution is 2.33. The van der Waals surface area contributed by atoms with Crippen LogP contribution >= 0.6 is 31.9 Å². The molecule has 1 heterocycles. The molecule has 1 atom stereocenters. The number of amides is 2. The van der Waals surface area contributed by atoms with Gasteiger partial charge in [-0.2, -0.15) is 0 Å². The molecule has 5 nitrogen and oxygen atoms in total. The normalized spacial score (nSPS) is 15.1. The minimum absolute atomic E-state index is 0.00379. The summed E-state index contributed by atoms with van der Waals surface area (Å²) >= 11 is 6.47. The zero-order valence-corrected chi connectivity index (χ0v) is 24.5. The Morgan fingerprint density at radius 2 is 1.51 bits per heavy atom. The standard InChI is InChI=1S/C30H30Br2F2N2O3/c31-26-15-22(16-27(32)29(26)38)30(39)35-17-19-13-14-36(18-19)28(37)4-2-1-3-25(20-5-9-23(33)10-6-20)21-7-11-24(34)12-8-21/h5-12,15-16,19,25,38H,1-4,13-14,17-18H2,(H,35,39). The number of carbonyl (C=O) groups excluding carboxylic acids is 2. The van der Waals surface area contributed by atoms with Crippen LogP contribution in [0.1, 0.15) is 59.5 Å². The summed E-state index contributed by atoms with van der Waals surface area (Å²) in [6.07, 6.45) is 3.56. The van der Waals surface area contributed by atoms with Crippen LogP contribution in [0.4, 0.5) is 8.78 Å². The number of likely N-dealkylation sites (tertiary alicyclic amines) is 1. The number of nitrogens with zero attached hydrogens (tertiary/aromatic N) is 1. The Bertz CT molecular complexity index is 1230. The molecule has 0 spiro atoms. The first-order valence-corrected chi connectivity index (χ1v) is 14.5. The summed E-state index contributed by atoms with van der Waals surface area (Å²) in [6, 6.07) is 15.9. The minimum atomic E-state index is -0.299. The summed E-state index contributed by atoms with van der Waals surface area (Å²) in [6.45, 7) is 1.75. The average molecular weight is 664 g/mol. The first-order valence-electron chi connectivity index (χ1n) is 13.0. The largest absolute Gasteiger partial charge is 0.506 e. The van der Waals surface area contributed by atoms with Gasteiger partial charge in [0.2, 0.25) is 5.91 Å². The van der Waals surface area contributed by atoms with Crippen molar-refractivity contribution in [2.75, 3.05) is 19.6 Å². The zero-order chi connectivity index (χ0) is 27.9. The van der Waals surface area contributed by atoms with Crippen molar-refractivity contribution in [3.05, 3.63) is 97.9 Å². The summed E-state index contributed by atoms with van der Waals surface area (Å²) in [7, 11) is 0. The Kier molecular flexibility index (Phi) is 10.1. The molecule has 2 amide bonds. The number of carbonyl (C=O) groups is 2. The number of hydrogen-bond donors (Lipinski definition) is 2. The monoisotopic (exact) mass is 662 g/mol. The van der Waals surface area contributed by atoms with Gasteiger partial charge in [0.15, 0.2) is 0 Å². The zero-order valence-electron chi connectivity index (χ0n) is 21.3. The molecule has 0 aromatic heterocycles. The summed E-state index contributed by atoms with van der Waals surface area (Å²) in [5.74, 6) is -0.509. The van der Waals surface area contributed by atoms with Gasteiger partial charge in [0.05, 0.1) is 8.95 Å². The van der Waals surface area contributed by atoms with E-state index in [2.05, 4.69) is 37.2 Å². The fourth-order valence-electron chi connectivity index (χ4n) is 4.96. The maximum atomic E-state index is 13.5. The number of benzene rings is 3. The van der Waals surface area contributed by atoms with Gasteiger partial charge in [-0.25, -0.2) is 8.78 Å². The summed E-state index contributed by atoms with van der Waals surface area (Å²) < 4.78 is 27.8. The van der Waals surface area contributed by atoms with Crippen LogP contribution in [0.2, 0.25) is 0 Å². The molecule has 0 aliphatic carbocycles. The SMILES string of the molecule is O=C(NCC1CCN(C(=O)CCCCC(c2ccc(F)cc2)c2ccc(F)cc2)C1)c1cc(Br)c(O)c(Br)c1. The van der Waals surface area contributed by atoms with Crippen LogP contribution in [-0.2, 0) is 4.79 Å². The molecule has 4 rings (SSSR count). The highest BCUT2D eigenvalue weighted by molar-refractivity contribution is 9.11. The van der Waals surface area contributed by atoms with Gasteiger partial charge in [0, 0.05) is 37.5 Å². The van der Waals surface area contributed by atoms with Crippen LogP contribution in [0.25, 0.3) is 0 Å². The Morgan fingerprint density at radius 1 is 0.949 bits per heavy atom. The molecule has 1 fully saturated rings. The smallest absolute Gasteiger partial charge is 0.251 e. The van der Waals surface area contributed by atoms with Gasteiger partial charge in [0.1, 0.15) is 17.4 Å². The van der Waals surface area contributed by atoms with Crippen LogP contribution in [0.15, 0.2) is 69.6 Å². The van der Waals surface area contributed by atoms with Crippen LogP contribution in [0, 0.1) is 17.6 Å². The molecule has 9 heteroatoms. The predicted octanol–water partition coefficient (Wildman–Crippen LogP) is 7.17.